The highest BCUT2D eigenvalue weighted by Crippen LogP contribution is 2.34. The normalized spacial score (nSPS) is 14.6. The summed E-state index contributed by atoms with van der Waals surface area (Å²) in [5, 5.41) is 11.0. The van der Waals surface area contributed by atoms with Crippen molar-refractivity contribution in [1.82, 2.24) is 25.3 Å². The number of carboxylic acid groups (broad SMARTS) is 1. The number of nitrogens with one attached hydrogen (secondary N) is 1. The molecular weight excluding hydrogens is 611 g/mol. The van der Waals surface area contributed by atoms with E-state index in [1.54, 1.807) is 18.6 Å². The first-order valence-electron chi connectivity index (χ1n) is 14.9. The molecule has 2 aromatic carbocycles. The van der Waals surface area contributed by atoms with Gasteiger partial charge in [0.2, 0.25) is 5.95 Å². The Labute approximate surface area is 268 Å². The highest BCUT2D eigenvalue weighted by atomic mass is 19.4. The number of pyridine rings is 2. The second-order valence-electron chi connectivity index (χ2n) is 10.9. The van der Waals surface area contributed by atoms with Crippen LogP contribution in [0.3, 0.4) is 0 Å². The van der Waals surface area contributed by atoms with E-state index in [0.717, 1.165) is 70.7 Å². The molecule has 242 valence electrons. The number of piperidine rings is 1. The van der Waals surface area contributed by atoms with Crippen LogP contribution in [0.4, 0.5) is 19.1 Å². The van der Waals surface area contributed by atoms with Crippen LogP contribution >= 0.6 is 0 Å². The fraction of sp³-hybridized carbons (Fsp3) is 0.235. The molecule has 13 heteroatoms. The van der Waals surface area contributed by atoms with Crippen LogP contribution in [0, 0.1) is 5.92 Å². The van der Waals surface area contributed by atoms with Gasteiger partial charge in [-0.2, -0.15) is 13.2 Å². The smallest absolute Gasteiger partial charge is 0.475 e. The number of aromatic nitrogens is 4. The lowest BCUT2D eigenvalue weighted by molar-refractivity contribution is -0.192. The molecule has 1 aliphatic heterocycles. The zero-order valence-electron chi connectivity index (χ0n) is 25.2. The molecule has 0 aliphatic carbocycles. The largest absolute Gasteiger partial charge is 0.490 e. The van der Waals surface area contributed by atoms with Crippen molar-refractivity contribution >= 4 is 28.7 Å². The van der Waals surface area contributed by atoms with Gasteiger partial charge in [-0.15, -0.1) is 0 Å². The number of halogens is 3. The van der Waals surface area contributed by atoms with E-state index in [1.165, 1.54) is 0 Å². The van der Waals surface area contributed by atoms with Gasteiger partial charge in [0.25, 0.3) is 5.91 Å². The van der Waals surface area contributed by atoms with Gasteiger partial charge in [-0.1, -0.05) is 54.6 Å². The summed E-state index contributed by atoms with van der Waals surface area (Å²) in [6.07, 6.45) is 2.17. The van der Waals surface area contributed by atoms with E-state index in [-0.39, 0.29) is 5.91 Å². The number of carboxylic acids is 1. The summed E-state index contributed by atoms with van der Waals surface area (Å²) in [6, 6.07) is 24.0. The van der Waals surface area contributed by atoms with Crippen LogP contribution in [-0.4, -0.2) is 62.7 Å². The van der Waals surface area contributed by atoms with Gasteiger partial charge in [-0.3, -0.25) is 9.78 Å². The highest BCUT2D eigenvalue weighted by molar-refractivity contribution is 6.06. The molecule has 6 rings (SSSR count). The third-order valence-corrected chi connectivity index (χ3v) is 7.65. The fourth-order valence-corrected chi connectivity index (χ4v) is 5.32. The van der Waals surface area contributed by atoms with E-state index in [9.17, 15) is 18.0 Å². The molecule has 10 nitrogen and oxygen atoms in total. The van der Waals surface area contributed by atoms with Gasteiger partial charge in [0.05, 0.1) is 11.2 Å². The molecule has 47 heavy (non-hydrogen) atoms. The summed E-state index contributed by atoms with van der Waals surface area (Å²) in [5.41, 5.74) is 11.8. The van der Waals surface area contributed by atoms with Gasteiger partial charge in [0, 0.05) is 61.3 Å². The van der Waals surface area contributed by atoms with Crippen LogP contribution in [0.25, 0.3) is 33.3 Å². The topological polar surface area (TPSA) is 147 Å². The number of nitrogens with two attached hydrogens (primary N) is 1. The second-order valence-corrected chi connectivity index (χ2v) is 10.9. The van der Waals surface area contributed by atoms with Gasteiger partial charge in [0.15, 0.2) is 0 Å². The molecule has 1 atom stereocenters. The molecule has 1 aliphatic rings. The number of anilines is 1. The molecule has 0 bridgehead atoms. The number of hydrogen-bond acceptors (Lipinski definition) is 8. The standard InChI is InChI=1S/C32H31N7O.C2HF3O2/c33-19-22-9-11-25(12-10-22)29-26(24-7-2-1-3-8-24)18-27-28(38-29)13-16-34-30(27)31(40)37-20-23-6-4-17-39(21-23)32-35-14-5-15-36-32;3-2(4,5)1(6)7/h1-3,5,7-16,18,23H,4,6,17,19-21,33H2,(H,37,40);(H,6,7). The number of aliphatic carboxylic acids is 1. The number of hydrogen-bond donors (Lipinski definition) is 3. The predicted molar refractivity (Wildman–Crippen MR) is 171 cm³/mol. The number of benzene rings is 2. The van der Waals surface area contributed by atoms with Crippen LogP contribution in [-0.2, 0) is 11.3 Å². The molecule has 3 aromatic heterocycles. The Morgan fingerprint density at radius 3 is 2.30 bits per heavy atom. The number of rotatable bonds is 7. The molecule has 4 N–H and O–H groups in total. The third-order valence-electron chi connectivity index (χ3n) is 7.65. The highest BCUT2D eigenvalue weighted by Gasteiger charge is 2.38. The molecule has 1 unspecified atom stereocenters. The van der Waals surface area contributed by atoms with Crippen LogP contribution in [0.5, 0.6) is 0 Å². The number of alkyl halides is 3. The number of nitrogens with zero attached hydrogens (tertiary/aromatic N) is 5. The van der Waals surface area contributed by atoms with Crippen molar-refractivity contribution < 1.29 is 27.9 Å². The molecule has 5 aromatic rings. The van der Waals surface area contributed by atoms with E-state index in [4.69, 9.17) is 20.6 Å². The summed E-state index contributed by atoms with van der Waals surface area (Å²) < 4.78 is 31.7. The second kappa shape index (κ2) is 14.8. The van der Waals surface area contributed by atoms with Crippen LogP contribution in [0.2, 0.25) is 0 Å². The first kappa shape index (κ1) is 32.9. The Bertz CT molecular complexity index is 1820. The predicted octanol–water partition coefficient (Wildman–Crippen LogP) is 5.49. The number of amides is 1. The first-order chi connectivity index (χ1) is 22.6. The zero-order chi connectivity index (χ0) is 33.4. The molecule has 1 amide bonds. The van der Waals surface area contributed by atoms with Crippen LogP contribution in [0.1, 0.15) is 28.9 Å². The summed E-state index contributed by atoms with van der Waals surface area (Å²) in [7, 11) is 0. The van der Waals surface area contributed by atoms with Gasteiger partial charge >= 0.3 is 12.1 Å². The van der Waals surface area contributed by atoms with Crippen LogP contribution < -0.4 is 16.0 Å². The van der Waals surface area contributed by atoms with Gasteiger partial charge in [-0.05, 0) is 48.1 Å². The Hall–Kier alpha value is -5.43. The Morgan fingerprint density at radius 2 is 1.64 bits per heavy atom. The van der Waals surface area contributed by atoms with Gasteiger partial charge < -0.3 is 21.1 Å². The number of carbonyl (C=O) groups excluding carboxylic acids is 1. The summed E-state index contributed by atoms with van der Waals surface area (Å²) in [6.45, 7) is 2.77. The van der Waals surface area contributed by atoms with Gasteiger partial charge in [-0.25, -0.2) is 19.7 Å². The van der Waals surface area contributed by atoms with Crippen molar-refractivity contribution in [1.29, 1.82) is 0 Å². The number of fused-ring (bicyclic) bond motifs is 1. The minimum atomic E-state index is -5.08. The van der Waals surface area contributed by atoms with E-state index < -0.39 is 12.1 Å². The first-order valence-corrected chi connectivity index (χ1v) is 14.9. The molecule has 0 spiro atoms. The molecule has 1 saturated heterocycles. The van der Waals surface area contributed by atoms with E-state index in [1.807, 2.05) is 60.7 Å². The maximum Gasteiger partial charge on any atom is 0.490 e. The Balaban J connectivity index is 0.000000559. The Kier molecular flexibility index (Phi) is 10.4. The van der Waals surface area contributed by atoms with Crippen molar-refractivity contribution in [3.05, 3.63) is 103 Å². The molecule has 0 radical (unpaired) electrons. The lowest BCUT2D eigenvalue weighted by atomic mass is 9.96. The minimum absolute atomic E-state index is 0.195. The maximum absolute atomic E-state index is 13.5. The average molecular weight is 644 g/mol. The van der Waals surface area contributed by atoms with E-state index in [0.29, 0.717) is 24.7 Å². The van der Waals surface area contributed by atoms with Crippen LogP contribution in [0.15, 0.2) is 91.4 Å². The SMILES string of the molecule is NCc1ccc(-c2nc3ccnc(C(=O)NCC4CCCN(c5ncccn5)C4)c3cc2-c2ccccc2)cc1.O=C(O)C(F)(F)F. The van der Waals surface area contributed by atoms with Crippen molar-refractivity contribution in [2.75, 3.05) is 24.5 Å². The third kappa shape index (κ3) is 8.24. The van der Waals surface area contributed by atoms with E-state index >= 15 is 0 Å². The monoisotopic (exact) mass is 643 g/mol. The number of carbonyl (C=O) groups is 2. The zero-order valence-corrected chi connectivity index (χ0v) is 25.2. The van der Waals surface area contributed by atoms with Crippen molar-refractivity contribution in [2.45, 2.75) is 25.6 Å². The summed E-state index contributed by atoms with van der Waals surface area (Å²) >= 11 is 0. The molecular formula is C34H32F3N7O3. The lowest BCUT2D eigenvalue weighted by Crippen LogP contribution is -2.41. The molecule has 4 heterocycles. The fourth-order valence-electron chi connectivity index (χ4n) is 5.32. The minimum Gasteiger partial charge on any atom is -0.475 e. The summed E-state index contributed by atoms with van der Waals surface area (Å²) in [4.78, 5) is 42.9. The van der Waals surface area contributed by atoms with Crippen molar-refractivity contribution in [3.63, 3.8) is 0 Å². The van der Waals surface area contributed by atoms with Crippen molar-refractivity contribution in [2.24, 2.45) is 11.7 Å². The lowest BCUT2D eigenvalue weighted by Gasteiger charge is -2.32. The quantitative estimate of drug-likeness (QED) is 0.209. The molecule has 0 saturated carbocycles. The van der Waals surface area contributed by atoms with E-state index in [2.05, 4.69) is 37.3 Å². The summed E-state index contributed by atoms with van der Waals surface area (Å²) in [5.74, 6) is -1.91. The van der Waals surface area contributed by atoms with Crippen molar-refractivity contribution in [3.8, 4) is 22.4 Å². The Morgan fingerprint density at radius 1 is 0.936 bits per heavy atom. The maximum atomic E-state index is 13.5. The average Bonchev–Trinajstić information content (AvgIpc) is 3.10. The van der Waals surface area contributed by atoms with Gasteiger partial charge in [0.1, 0.15) is 5.69 Å². The molecule has 1 fully saturated rings.